The first-order valence-corrected chi connectivity index (χ1v) is 6.59. The Balaban J connectivity index is 1.89. The SMILES string of the molecule is CC1(C)C(C(=O)NC2CCC(=O)CC2)C1(C)C. The van der Waals surface area contributed by atoms with Gasteiger partial charge < -0.3 is 5.32 Å². The van der Waals surface area contributed by atoms with Crippen LogP contribution in [0.4, 0.5) is 0 Å². The van der Waals surface area contributed by atoms with E-state index in [-0.39, 0.29) is 28.7 Å². The summed E-state index contributed by atoms with van der Waals surface area (Å²) in [6, 6.07) is 0.215. The van der Waals surface area contributed by atoms with Crippen molar-refractivity contribution in [3.8, 4) is 0 Å². The largest absolute Gasteiger partial charge is 0.353 e. The molecule has 0 bridgehead atoms. The Morgan fingerprint density at radius 2 is 1.59 bits per heavy atom. The summed E-state index contributed by atoms with van der Waals surface area (Å²) in [4.78, 5) is 23.3. The average molecular weight is 237 g/mol. The number of amides is 1. The lowest BCUT2D eigenvalue weighted by Crippen LogP contribution is -2.39. The van der Waals surface area contributed by atoms with Crippen molar-refractivity contribution < 1.29 is 9.59 Å². The van der Waals surface area contributed by atoms with Gasteiger partial charge >= 0.3 is 0 Å². The molecule has 1 N–H and O–H groups in total. The number of nitrogens with one attached hydrogen (secondary N) is 1. The minimum atomic E-state index is 0.0988. The van der Waals surface area contributed by atoms with E-state index in [1.54, 1.807) is 0 Å². The summed E-state index contributed by atoms with van der Waals surface area (Å²) in [6.07, 6.45) is 2.89. The molecule has 96 valence electrons. The van der Waals surface area contributed by atoms with E-state index in [1.165, 1.54) is 0 Å². The van der Waals surface area contributed by atoms with Gasteiger partial charge in [-0.2, -0.15) is 0 Å². The zero-order chi connectivity index (χ0) is 12.8. The maximum absolute atomic E-state index is 12.2. The average Bonchev–Trinajstić information content (AvgIpc) is 2.61. The fourth-order valence-corrected chi connectivity index (χ4v) is 3.22. The highest BCUT2D eigenvalue weighted by Crippen LogP contribution is 2.68. The molecule has 0 aromatic rings. The summed E-state index contributed by atoms with van der Waals surface area (Å²) < 4.78 is 0. The monoisotopic (exact) mass is 237 g/mol. The number of carbonyl (C=O) groups excluding carboxylic acids is 2. The van der Waals surface area contributed by atoms with E-state index in [0.29, 0.717) is 18.6 Å². The van der Waals surface area contributed by atoms with Gasteiger partial charge in [-0.3, -0.25) is 9.59 Å². The third-order valence-electron chi connectivity index (χ3n) is 5.17. The van der Waals surface area contributed by atoms with Gasteiger partial charge in [-0.15, -0.1) is 0 Å². The lowest BCUT2D eigenvalue weighted by atomic mass is 9.94. The summed E-state index contributed by atoms with van der Waals surface area (Å²) in [5.74, 6) is 0.634. The first-order chi connectivity index (χ1) is 7.76. The minimum Gasteiger partial charge on any atom is -0.353 e. The second-order valence-corrected chi connectivity index (χ2v) is 6.70. The second-order valence-electron chi connectivity index (χ2n) is 6.70. The fraction of sp³-hybridized carbons (Fsp3) is 0.857. The lowest BCUT2D eigenvalue weighted by molar-refractivity contribution is -0.126. The van der Waals surface area contributed by atoms with Gasteiger partial charge in [-0.1, -0.05) is 27.7 Å². The van der Waals surface area contributed by atoms with E-state index in [0.717, 1.165) is 12.8 Å². The highest BCUT2D eigenvalue weighted by atomic mass is 16.2. The van der Waals surface area contributed by atoms with Crippen molar-refractivity contribution in [3.05, 3.63) is 0 Å². The Kier molecular flexibility index (Phi) is 2.83. The maximum Gasteiger partial charge on any atom is 0.224 e. The lowest BCUT2D eigenvalue weighted by Gasteiger charge is -2.22. The van der Waals surface area contributed by atoms with Crippen LogP contribution < -0.4 is 5.32 Å². The van der Waals surface area contributed by atoms with Crippen molar-refractivity contribution in [2.24, 2.45) is 16.7 Å². The number of hydrogen-bond donors (Lipinski definition) is 1. The highest BCUT2D eigenvalue weighted by molar-refractivity contribution is 5.85. The summed E-state index contributed by atoms with van der Waals surface area (Å²) in [5, 5.41) is 3.12. The van der Waals surface area contributed by atoms with Crippen molar-refractivity contribution in [1.29, 1.82) is 0 Å². The topological polar surface area (TPSA) is 46.2 Å². The molecule has 2 rings (SSSR count). The van der Waals surface area contributed by atoms with Crippen molar-refractivity contribution in [2.75, 3.05) is 0 Å². The smallest absolute Gasteiger partial charge is 0.224 e. The molecule has 2 aliphatic rings. The molecular formula is C14H23NO2. The Bertz CT molecular complexity index is 333. The van der Waals surface area contributed by atoms with Gasteiger partial charge in [0.15, 0.2) is 0 Å². The van der Waals surface area contributed by atoms with E-state index >= 15 is 0 Å². The molecule has 0 heterocycles. The molecule has 2 saturated carbocycles. The second kappa shape index (κ2) is 3.82. The fourth-order valence-electron chi connectivity index (χ4n) is 3.22. The van der Waals surface area contributed by atoms with Crippen LogP contribution in [0.3, 0.4) is 0 Å². The molecule has 0 radical (unpaired) electrons. The van der Waals surface area contributed by atoms with E-state index in [1.807, 2.05) is 0 Å². The van der Waals surface area contributed by atoms with Gasteiger partial charge in [-0.25, -0.2) is 0 Å². The third kappa shape index (κ3) is 2.00. The first-order valence-electron chi connectivity index (χ1n) is 6.59. The number of rotatable bonds is 2. The van der Waals surface area contributed by atoms with Gasteiger partial charge in [0.05, 0.1) is 0 Å². The molecule has 2 fully saturated rings. The molecule has 0 aromatic carbocycles. The summed E-state index contributed by atoms with van der Waals surface area (Å²) >= 11 is 0. The van der Waals surface area contributed by atoms with Crippen molar-refractivity contribution in [3.63, 3.8) is 0 Å². The molecule has 0 saturated heterocycles. The highest BCUT2D eigenvalue weighted by Gasteiger charge is 2.68. The zero-order valence-corrected chi connectivity index (χ0v) is 11.3. The van der Waals surface area contributed by atoms with Crippen LogP contribution in [0.1, 0.15) is 53.4 Å². The Morgan fingerprint density at radius 1 is 1.12 bits per heavy atom. The Hall–Kier alpha value is -0.860. The molecule has 0 atom stereocenters. The molecule has 17 heavy (non-hydrogen) atoms. The predicted molar refractivity (Wildman–Crippen MR) is 66.5 cm³/mol. The quantitative estimate of drug-likeness (QED) is 0.801. The van der Waals surface area contributed by atoms with Crippen LogP contribution in [0.25, 0.3) is 0 Å². The minimum absolute atomic E-state index is 0.0988. The Morgan fingerprint density at radius 3 is 2.00 bits per heavy atom. The van der Waals surface area contributed by atoms with Gasteiger partial charge in [0, 0.05) is 24.8 Å². The van der Waals surface area contributed by atoms with Crippen LogP contribution in [-0.4, -0.2) is 17.7 Å². The molecule has 0 unspecified atom stereocenters. The molecular weight excluding hydrogens is 214 g/mol. The van der Waals surface area contributed by atoms with E-state index in [4.69, 9.17) is 0 Å². The Labute approximate surface area is 103 Å². The van der Waals surface area contributed by atoms with Gasteiger partial charge in [-0.05, 0) is 23.7 Å². The van der Waals surface area contributed by atoms with E-state index < -0.39 is 0 Å². The summed E-state index contributed by atoms with van der Waals surface area (Å²) in [6.45, 7) is 8.62. The third-order valence-corrected chi connectivity index (χ3v) is 5.17. The number of Topliss-reactive ketones (excluding diaryl/α,β-unsaturated/α-hetero) is 1. The maximum atomic E-state index is 12.2. The van der Waals surface area contributed by atoms with Crippen molar-refractivity contribution in [2.45, 2.75) is 59.4 Å². The summed E-state index contributed by atoms with van der Waals surface area (Å²) in [5.41, 5.74) is 0.198. The number of carbonyl (C=O) groups is 2. The number of ketones is 1. The molecule has 1 amide bonds. The van der Waals surface area contributed by atoms with Crippen LogP contribution in [-0.2, 0) is 9.59 Å². The van der Waals surface area contributed by atoms with Gasteiger partial charge in [0.1, 0.15) is 5.78 Å². The molecule has 0 spiro atoms. The predicted octanol–water partition coefficient (Wildman–Crippen LogP) is 2.30. The van der Waals surface area contributed by atoms with Crippen molar-refractivity contribution in [1.82, 2.24) is 5.32 Å². The molecule has 0 aromatic heterocycles. The van der Waals surface area contributed by atoms with E-state index in [2.05, 4.69) is 33.0 Å². The van der Waals surface area contributed by atoms with E-state index in [9.17, 15) is 9.59 Å². The van der Waals surface area contributed by atoms with Crippen molar-refractivity contribution >= 4 is 11.7 Å². The molecule has 3 heteroatoms. The molecule has 0 aliphatic heterocycles. The molecule has 2 aliphatic carbocycles. The molecule has 3 nitrogen and oxygen atoms in total. The van der Waals surface area contributed by atoms with Gasteiger partial charge in [0.25, 0.3) is 0 Å². The van der Waals surface area contributed by atoms with Crippen LogP contribution in [0, 0.1) is 16.7 Å². The zero-order valence-electron chi connectivity index (χ0n) is 11.3. The van der Waals surface area contributed by atoms with Crippen LogP contribution in [0.2, 0.25) is 0 Å². The van der Waals surface area contributed by atoms with Crippen LogP contribution >= 0.6 is 0 Å². The first kappa shape index (κ1) is 12.6. The summed E-state index contributed by atoms with van der Waals surface area (Å²) in [7, 11) is 0. The van der Waals surface area contributed by atoms with Crippen LogP contribution in [0.5, 0.6) is 0 Å². The van der Waals surface area contributed by atoms with Crippen LogP contribution in [0.15, 0.2) is 0 Å². The normalized spacial score (nSPS) is 27.9. The van der Waals surface area contributed by atoms with Gasteiger partial charge in [0.2, 0.25) is 5.91 Å². The number of hydrogen-bond acceptors (Lipinski definition) is 2. The standard InChI is InChI=1S/C14H23NO2/c1-13(2)11(14(13,3)4)12(17)15-9-5-7-10(16)8-6-9/h9,11H,5-8H2,1-4H3,(H,15,17).